The fraction of sp³-hybridized carbons (Fsp3) is 0.0811. The predicted molar refractivity (Wildman–Crippen MR) is 163 cm³/mol. The summed E-state index contributed by atoms with van der Waals surface area (Å²) in [6.07, 6.45) is 3.10. The summed E-state index contributed by atoms with van der Waals surface area (Å²) >= 11 is 0. The number of benzene rings is 5. The van der Waals surface area contributed by atoms with Crippen LogP contribution in [0.3, 0.4) is 0 Å². The maximum atomic E-state index is 4.74. The average molecular weight is 519 g/mol. The van der Waals surface area contributed by atoms with Crippen molar-refractivity contribution < 1.29 is 4.68 Å². The lowest BCUT2D eigenvalue weighted by molar-refractivity contribution is -0.754. The smallest absolute Gasteiger partial charge is 0.137 e. The average Bonchev–Trinajstić information content (AvgIpc) is 3.41. The molecule has 5 aromatic carbocycles. The van der Waals surface area contributed by atoms with E-state index in [1.54, 1.807) is 0 Å². The SMILES string of the molecule is Cn1n[n+](CCc2ccccc2)cc1-c1ccc(C(=C(c2ccccc2)c2ccccc2)c2ccccc2)cc1. The molecule has 0 saturated carbocycles. The van der Waals surface area contributed by atoms with Crippen LogP contribution in [0.5, 0.6) is 0 Å². The molecule has 194 valence electrons. The summed E-state index contributed by atoms with van der Waals surface area (Å²) in [5, 5.41) is 4.74. The summed E-state index contributed by atoms with van der Waals surface area (Å²) < 4.78 is 4.00. The Hall–Kier alpha value is -5.02. The van der Waals surface area contributed by atoms with Gasteiger partial charge in [-0.05, 0) is 51.1 Å². The molecule has 0 amide bonds. The van der Waals surface area contributed by atoms with Crippen LogP contribution in [0.15, 0.2) is 152 Å². The second-order valence-electron chi connectivity index (χ2n) is 9.95. The van der Waals surface area contributed by atoms with E-state index in [1.165, 1.54) is 39.0 Å². The van der Waals surface area contributed by atoms with Gasteiger partial charge in [0.1, 0.15) is 13.6 Å². The lowest BCUT2D eigenvalue weighted by atomic mass is 9.85. The Kier molecular flexibility index (Phi) is 7.45. The first-order chi connectivity index (χ1) is 19.8. The van der Waals surface area contributed by atoms with Crippen LogP contribution in [0, 0.1) is 0 Å². The van der Waals surface area contributed by atoms with Crippen LogP contribution >= 0.6 is 0 Å². The number of hydrogen-bond acceptors (Lipinski definition) is 1. The van der Waals surface area contributed by atoms with Crippen LogP contribution in [-0.4, -0.2) is 9.90 Å². The highest BCUT2D eigenvalue weighted by atomic mass is 15.5. The molecular weight excluding hydrogens is 486 g/mol. The van der Waals surface area contributed by atoms with E-state index in [4.69, 9.17) is 5.21 Å². The second kappa shape index (κ2) is 11.8. The molecule has 0 N–H and O–H groups in total. The third-order valence-corrected chi connectivity index (χ3v) is 7.25. The first kappa shape index (κ1) is 25.3. The first-order valence-electron chi connectivity index (χ1n) is 13.8. The van der Waals surface area contributed by atoms with Gasteiger partial charge in [-0.1, -0.05) is 133 Å². The molecule has 0 aliphatic rings. The molecule has 0 fully saturated rings. The van der Waals surface area contributed by atoms with Crippen LogP contribution in [0.4, 0.5) is 0 Å². The van der Waals surface area contributed by atoms with Gasteiger partial charge in [0.2, 0.25) is 0 Å². The molecule has 0 aliphatic carbocycles. The molecule has 6 aromatic rings. The molecule has 3 nitrogen and oxygen atoms in total. The minimum Gasteiger partial charge on any atom is -0.137 e. The Morgan fingerprint density at radius 3 is 1.45 bits per heavy atom. The normalized spacial score (nSPS) is 10.8. The Balaban J connectivity index is 1.40. The zero-order valence-corrected chi connectivity index (χ0v) is 22.7. The molecule has 40 heavy (non-hydrogen) atoms. The van der Waals surface area contributed by atoms with Crippen molar-refractivity contribution in [3.63, 3.8) is 0 Å². The lowest BCUT2D eigenvalue weighted by Crippen LogP contribution is -2.37. The first-order valence-corrected chi connectivity index (χ1v) is 13.8. The fourth-order valence-corrected chi connectivity index (χ4v) is 5.26. The van der Waals surface area contributed by atoms with Crippen LogP contribution in [0.1, 0.15) is 27.8 Å². The van der Waals surface area contributed by atoms with E-state index in [-0.39, 0.29) is 0 Å². The minimum absolute atomic E-state index is 0.842. The highest BCUT2D eigenvalue weighted by molar-refractivity contribution is 6.04. The van der Waals surface area contributed by atoms with E-state index in [0.29, 0.717) is 0 Å². The summed E-state index contributed by atoms with van der Waals surface area (Å²) in [5.41, 5.74) is 10.8. The Bertz CT molecular complexity index is 1660. The quantitative estimate of drug-likeness (QED) is 0.150. The van der Waals surface area contributed by atoms with Crippen LogP contribution < -0.4 is 4.68 Å². The van der Waals surface area contributed by atoms with E-state index in [2.05, 4.69) is 152 Å². The second-order valence-corrected chi connectivity index (χ2v) is 9.95. The Morgan fingerprint density at radius 2 is 0.975 bits per heavy atom. The highest BCUT2D eigenvalue weighted by Gasteiger charge is 2.18. The lowest BCUT2D eigenvalue weighted by Gasteiger charge is -2.18. The van der Waals surface area contributed by atoms with Crippen molar-refractivity contribution in [2.24, 2.45) is 7.05 Å². The molecule has 0 aliphatic heterocycles. The van der Waals surface area contributed by atoms with Crippen molar-refractivity contribution in [3.05, 3.63) is 180 Å². The Labute approximate surface area is 236 Å². The topological polar surface area (TPSA) is 21.7 Å². The van der Waals surface area contributed by atoms with Gasteiger partial charge < -0.3 is 0 Å². The van der Waals surface area contributed by atoms with E-state index >= 15 is 0 Å². The molecule has 0 atom stereocenters. The third-order valence-electron chi connectivity index (χ3n) is 7.25. The van der Waals surface area contributed by atoms with Crippen molar-refractivity contribution >= 4 is 11.1 Å². The molecule has 3 heteroatoms. The largest absolute Gasteiger partial charge is 0.197 e. The van der Waals surface area contributed by atoms with Crippen molar-refractivity contribution in [3.8, 4) is 11.3 Å². The van der Waals surface area contributed by atoms with Crippen molar-refractivity contribution in [1.29, 1.82) is 0 Å². The molecule has 0 bridgehead atoms. The standard InChI is InChI=1S/C37H32N3/c1-39-35(28-40(38-39)27-26-29-14-6-2-7-15-29)30-22-24-34(25-23-30)37(33-20-12-5-13-21-33)36(31-16-8-3-9-17-31)32-18-10-4-11-19-32/h2-25,28H,26-27H2,1H3/q+1. The number of aryl methyl sites for hydroxylation is 3. The van der Waals surface area contributed by atoms with E-state index in [0.717, 1.165) is 24.2 Å². The van der Waals surface area contributed by atoms with Crippen LogP contribution in [-0.2, 0) is 20.0 Å². The molecular formula is C37H32N3+. The summed E-state index contributed by atoms with van der Waals surface area (Å²) in [4.78, 5) is 0. The number of nitrogens with zero attached hydrogens (tertiary/aromatic N) is 3. The predicted octanol–water partition coefficient (Wildman–Crippen LogP) is 7.62. The molecule has 0 saturated heterocycles. The van der Waals surface area contributed by atoms with Gasteiger partial charge in [0.25, 0.3) is 0 Å². The Morgan fingerprint density at radius 1 is 0.550 bits per heavy atom. The van der Waals surface area contributed by atoms with E-state index in [1.807, 2.05) is 16.4 Å². The van der Waals surface area contributed by atoms with Crippen LogP contribution in [0.2, 0.25) is 0 Å². The molecule has 6 rings (SSSR count). The summed E-state index contributed by atoms with van der Waals surface area (Å²) in [6, 6.07) is 51.6. The minimum atomic E-state index is 0.842. The van der Waals surface area contributed by atoms with E-state index in [9.17, 15) is 0 Å². The van der Waals surface area contributed by atoms with Gasteiger partial charge in [-0.25, -0.2) is 0 Å². The van der Waals surface area contributed by atoms with Gasteiger partial charge >= 0.3 is 0 Å². The van der Waals surface area contributed by atoms with Gasteiger partial charge in [-0.3, -0.25) is 0 Å². The molecule has 1 aromatic heterocycles. The number of hydrogen-bond donors (Lipinski definition) is 0. The van der Waals surface area contributed by atoms with Crippen molar-refractivity contribution in [1.82, 2.24) is 9.90 Å². The molecule has 1 heterocycles. The monoisotopic (exact) mass is 518 g/mol. The zero-order valence-electron chi connectivity index (χ0n) is 22.7. The fourth-order valence-electron chi connectivity index (χ4n) is 5.26. The highest BCUT2D eigenvalue weighted by Crippen LogP contribution is 2.37. The van der Waals surface area contributed by atoms with Gasteiger partial charge in [0, 0.05) is 12.0 Å². The zero-order chi connectivity index (χ0) is 27.1. The maximum Gasteiger partial charge on any atom is 0.197 e. The summed E-state index contributed by atoms with van der Waals surface area (Å²) in [7, 11) is 2.01. The van der Waals surface area contributed by atoms with Gasteiger partial charge in [-0.2, -0.15) is 0 Å². The maximum absolute atomic E-state index is 4.74. The van der Waals surface area contributed by atoms with Crippen molar-refractivity contribution in [2.45, 2.75) is 13.0 Å². The third kappa shape index (κ3) is 5.55. The number of rotatable bonds is 8. The molecule has 0 radical (unpaired) electrons. The van der Waals surface area contributed by atoms with Crippen LogP contribution in [0.25, 0.3) is 22.4 Å². The summed E-state index contributed by atoms with van der Waals surface area (Å²) in [6.45, 7) is 0.842. The van der Waals surface area contributed by atoms with Gasteiger partial charge in [-0.15, -0.1) is 9.36 Å². The van der Waals surface area contributed by atoms with Gasteiger partial charge in [0.15, 0.2) is 11.9 Å². The van der Waals surface area contributed by atoms with E-state index < -0.39 is 0 Å². The summed E-state index contributed by atoms with van der Waals surface area (Å²) in [5.74, 6) is 0. The molecule has 0 unspecified atom stereocenters. The van der Waals surface area contributed by atoms with Crippen molar-refractivity contribution in [2.75, 3.05) is 0 Å². The molecule has 0 spiro atoms. The van der Waals surface area contributed by atoms with Gasteiger partial charge in [0.05, 0.1) is 5.21 Å². The number of aromatic nitrogens is 3.